The molecule has 0 aliphatic carbocycles. The number of hydrogen-bond acceptors (Lipinski definition) is 3. The van der Waals surface area contributed by atoms with E-state index in [2.05, 4.69) is 37.4 Å². The van der Waals surface area contributed by atoms with E-state index < -0.39 is 0 Å². The Balaban J connectivity index is 2.01. The van der Waals surface area contributed by atoms with Crippen LogP contribution < -0.4 is 5.32 Å². The van der Waals surface area contributed by atoms with Crippen LogP contribution in [0.2, 0.25) is 0 Å². The van der Waals surface area contributed by atoms with E-state index in [-0.39, 0.29) is 0 Å². The van der Waals surface area contributed by atoms with Crippen LogP contribution in [0.25, 0.3) is 10.2 Å². The van der Waals surface area contributed by atoms with Gasteiger partial charge in [0.25, 0.3) is 0 Å². The normalized spacial score (nSPS) is 18.6. The third kappa shape index (κ3) is 1.55. The second-order valence-electron chi connectivity index (χ2n) is 4.68. The fourth-order valence-electron chi connectivity index (χ4n) is 2.16. The van der Waals surface area contributed by atoms with Crippen molar-refractivity contribution < 1.29 is 0 Å². The quantitative estimate of drug-likeness (QED) is 0.861. The lowest BCUT2D eigenvalue weighted by molar-refractivity contribution is 0.303. The van der Waals surface area contributed by atoms with Crippen LogP contribution in [-0.4, -0.2) is 18.1 Å². The molecule has 1 aliphatic rings. The average molecular weight is 232 g/mol. The van der Waals surface area contributed by atoms with Gasteiger partial charge < -0.3 is 5.32 Å². The predicted molar refractivity (Wildman–Crippen MR) is 69.1 cm³/mol. The minimum Gasteiger partial charge on any atom is -0.316 e. The summed E-state index contributed by atoms with van der Waals surface area (Å²) >= 11 is 1.86. The molecule has 1 N–H and O–H groups in total. The zero-order valence-electron chi connectivity index (χ0n) is 9.66. The molecular formula is C13H16N2S. The fraction of sp³-hybridized carbons (Fsp3) is 0.462. The Bertz CT molecular complexity index is 514. The topological polar surface area (TPSA) is 24.9 Å². The molecule has 1 aliphatic heterocycles. The second-order valence-corrected chi connectivity index (χ2v) is 5.74. The van der Waals surface area contributed by atoms with Gasteiger partial charge in [0, 0.05) is 5.92 Å². The van der Waals surface area contributed by atoms with Crippen LogP contribution >= 0.6 is 11.3 Å². The Kier molecular flexibility index (Phi) is 2.45. The second kappa shape index (κ2) is 3.82. The Morgan fingerprint density at radius 1 is 1.44 bits per heavy atom. The van der Waals surface area contributed by atoms with Crippen LogP contribution in [0.3, 0.4) is 0 Å². The minimum absolute atomic E-state index is 0.595. The van der Waals surface area contributed by atoms with Crippen molar-refractivity contribution in [3.8, 4) is 0 Å². The van der Waals surface area contributed by atoms with Gasteiger partial charge in [0.15, 0.2) is 0 Å². The zero-order valence-corrected chi connectivity index (χ0v) is 10.5. The molecule has 3 rings (SSSR count). The zero-order chi connectivity index (χ0) is 11.1. The summed E-state index contributed by atoms with van der Waals surface area (Å²) in [7, 11) is 0. The summed E-state index contributed by atoms with van der Waals surface area (Å²) in [5.74, 6) is 1.37. The van der Waals surface area contributed by atoms with Gasteiger partial charge in [-0.05, 0) is 37.6 Å². The van der Waals surface area contributed by atoms with E-state index in [1.54, 1.807) is 0 Å². The maximum absolute atomic E-state index is 4.81. The van der Waals surface area contributed by atoms with Gasteiger partial charge in [0.2, 0.25) is 0 Å². The molecule has 1 saturated heterocycles. The molecule has 0 spiro atoms. The molecule has 1 fully saturated rings. The van der Waals surface area contributed by atoms with Crippen molar-refractivity contribution in [2.45, 2.75) is 19.8 Å². The van der Waals surface area contributed by atoms with Crippen LogP contribution in [0.15, 0.2) is 18.2 Å². The molecule has 0 saturated carbocycles. The largest absolute Gasteiger partial charge is 0.316 e. The number of benzene rings is 1. The number of rotatable bonds is 2. The van der Waals surface area contributed by atoms with Crippen molar-refractivity contribution >= 4 is 21.6 Å². The van der Waals surface area contributed by atoms with E-state index in [4.69, 9.17) is 4.98 Å². The highest BCUT2D eigenvalue weighted by atomic mass is 32.1. The first-order valence-corrected chi connectivity index (χ1v) is 6.64. The number of fused-ring (bicyclic) bond motifs is 1. The van der Waals surface area contributed by atoms with E-state index in [0.29, 0.717) is 5.92 Å². The summed E-state index contributed by atoms with van der Waals surface area (Å²) < 4.78 is 1.33. The summed E-state index contributed by atoms with van der Waals surface area (Å²) in [5.41, 5.74) is 2.49. The van der Waals surface area contributed by atoms with E-state index in [0.717, 1.165) is 19.0 Å². The van der Waals surface area contributed by atoms with Gasteiger partial charge in [-0.3, -0.25) is 0 Å². The number of aryl methyl sites for hydroxylation is 1. The molecule has 84 valence electrons. The number of nitrogens with one attached hydrogen (secondary N) is 1. The van der Waals surface area contributed by atoms with Gasteiger partial charge in [0.05, 0.1) is 15.2 Å². The third-order valence-electron chi connectivity index (χ3n) is 3.55. The SMILES string of the molecule is Cc1cccc2sc(C(C)C3CNC3)nc12. The Hall–Kier alpha value is -0.930. The summed E-state index contributed by atoms with van der Waals surface area (Å²) in [6.07, 6.45) is 0. The maximum Gasteiger partial charge on any atom is 0.0970 e. The standard InChI is InChI=1S/C13H16N2S/c1-8-4-3-5-11-12(8)15-13(16-11)9(2)10-6-14-7-10/h3-5,9-10,14H,6-7H2,1-2H3. The lowest BCUT2D eigenvalue weighted by Gasteiger charge is -2.31. The number of aromatic nitrogens is 1. The van der Waals surface area contributed by atoms with Crippen molar-refractivity contribution in [1.82, 2.24) is 10.3 Å². The number of thiazole rings is 1. The van der Waals surface area contributed by atoms with Crippen LogP contribution in [0.1, 0.15) is 23.4 Å². The Morgan fingerprint density at radius 3 is 2.88 bits per heavy atom. The van der Waals surface area contributed by atoms with Crippen molar-refractivity contribution in [2.75, 3.05) is 13.1 Å². The number of hydrogen-bond donors (Lipinski definition) is 1. The molecule has 16 heavy (non-hydrogen) atoms. The molecule has 0 bridgehead atoms. The highest BCUT2D eigenvalue weighted by Crippen LogP contribution is 2.33. The fourth-order valence-corrected chi connectivity index (χ4v) is 3.35. The molecule has 0 amide bonds. The smallest absolute Gasteiger partial charge is 0.0970 e. The summed E-state index contributed by atoms with van der Waals surface area (Å²) in [4.78, 5) is 4.81. The molecule has 1 aromatic carbocycles. The molecule has 0 radical (unpaired) electrons. The molecule has 2 aromatic rings. The number of para-hydroxylation sites is 1. The van der Waals surface area contributed by atoms with Gasteiger partial charge in [-0.15, -0.1) is 11.3 Å². The molecule has 3 heteroatoms. The van der Waals surface area contributed by atoms with Crippen LogP contribution in [0.4, 0.5) is 0 Å². The van der Waals surface area contributed by atoms with Crippen LogP contribution in [0, 0.1) is 12.8 Å². The monoisotopic (exact) mass is 232 g/mol. The first-order valence-electron chi connectivity index (χ1n) is 5.82. The first kappa shape index (κ1) is 10.2. The van der Waals surface area contributed by atoms with Crippen molar-refractivity contribution in [1.29, 1.82) is 0 Å². The van der Waals surface area contributed by atoms with Crippen molar-refractivity contribution in [2.24, 2.45) is 5.92 Å². The summed E-state index contributed by atoms with van der Waals surface area (Å²) in [5, 5.41) is 4.64. The van der Waals surface area contributed by atoms with Gasteiger partial charge >= 0.3 is 0 Å². The summed E-state index contributed by atoms with van der Waals surface area (Å²) in [6.45, 7) is 6.74. The Morgan fingerprint density at radius 2 is 2.25 bits per heavy atom. The van der Waals surface area contributed by atoms with E-state index in [1.807, 2.05) is 11.3 Å². The van der Waals surface area contributed by atoms with Gasteiger partial charge in [0.1, 0.15) is 0 Å². The van der Waals surface area contributed by atoms with Crippen molar-refractivity contribution in [3.63, 3.8) is 0 Å². The highest BCUT2D eigenvalue weighted by molar-refractivity contribution is 7.18. The lowest BCUT2D eigenvalue weighted by atomic mass is 9.89. The maximum atomic E-state index is 4.81. The van der Waals surface area contributed by atoms with Gasteiger partial charge in [-0.2, -0.15) is 0 Å². The van der Waals surface area contributed by atoms with Gasteiger partial charge in [-0.1, -0.05) is 19.1 Å². The van der Waals surface area contributed by atoms with Gasteiger partial charge in [-0.25, -0.2) is 4.98 Å². The molecule has 1 aromatic heterocycles. The van der Waals surface area contributed by atoms with Crippen LogP contribution in [0.5, 0.6) is 0 Å². The Labute approximate surface area is 99.7 Å². The third-order valence-corrected chi connectivity index (χ3v) is 4.77. The van der Waals surface area contributed by atoms with E-state index in [9.17, 15) is 0 Å². The number of nitrogens with zero attached hydrogens (tertiary/aromatic N) is 1. The minimum atomic E-state index is 0.595. The summed E-state index contributed by atoms with van der Waals surface area (Å²) in [6, 6.07) is 6.44. The average Bonchev–Trinajstić information content (AvgIpc) is 2.60. The molecular weight excluding hydrogens is 216 g/mol. The molecule has 2 nitrogen and oxygen atoms in total. The van der Waals surface area contributed by atoms with E-state index >= 15 is 0 Å². The molecule has 2 heterocycles. The molecule has 1 atom stereocenters. The van der Waals surface area contributed by atoms with E-state index in [1.165, 1.54) is 20.8 Å². The first-order chi connectivity index (χ1) is 7.75. The lowest BCUT2D eigenvalue weighted by Crippen LogP contribution is -2.44. The predicted octanol–water partition coefficient (Wildman–Crippen LogP) is 2.93. The van der Waals surface area contributed by atoms with Crippen molar-refractivity contribution in [3.05, 3.63) is 28.8 Å². The van der Waals surface area contributed by atoms with Crippen LogP contribution in [-0.2, 0) is 0 Å². The highest BCUT2D eigenvalue weighted by Gasteiger charge is 2.26. The molecule has 1 unspecified atom stereocenters.